The van der Waals surface area contributed by atoms with Crippen LogP contribution in [0.1, 0.15) is 5.56 Å². The van der Waals surface area contributed by atoms with Crippen molar-refractivity contribution in [3.05, 3.63) is 96.8 Å². The molecule has 2 heterocycles. The van der Waals surface area contributed by atoms with E-state index in [1.807, 2.05) is 18.2 Å². The van der Waals surface area contributed by atoms with Gasteiger partial charge in [-0.1, -0.05) is 60.7 Å². The van der Waals surface area contributed by atoms with Crippen LogP contribution >= 0.6 is 0 Å². The molecule has 0 bridgehead atoms. The quantitative estimate of drug-likeness (QED) is 0.420. The highest BCUT2D eigenvalue weighted by Crippen LogP contribution is 2.31. The lowest BCUT2D eigenvalue weighted by Crippen LogP contribution is -2.30. The number of hydrogen-bond donors (Lipinski definition) is 0. The summed E-state index contributed by atoms with van der Waals surface area (Å²) in [5.74, 6) is 1.91. The van der Waals surface area contributed by atoms with Crippen molar-refractivity contribution in [2.45, 2.75) is 6.92 Å². The van der Waals surface area contributed by atoms with Gasteiger partial charge in [-0.15, -0.1) is 0 Å². The van der Waals surface area contributed by atoms with E-state index >= 15 is 0 Å². The fourth-order valence-electron chi connectivity index (χ4n) is 3.95. The molecular formula is C25H21N4+. The van der Waals surface area contributed by atoms with E-state index in [1.165, 1.54) is 11.1 Å². The molecule has 0 saturated carbocycles. The Morgan fingerprint density at radius 3 is 2.28 bits per heavy atom. The number of rotatable bonds is 3. The molecule has 2 aromatic heterocycles. The Morgan fingerprint density at radius 1 is 0.759 bits per heavy atom. The summed E-state index contributed by atoms with van der Waals surface area (Å²) in [5.41, 5.74) is 6.56. The first kappa shape index (κ1) is 17.3. The molecule has 0 radical (unpaired) electrons. The summed E-state index contributed by atoms with van der Waals surface area (Å²) >= 11 is 0. The predicted octanol–water partition coefficient (Wildman–Crippen LogP) is 4.89. The van der Waals surface area contributed by atoms with Gasteiger partial charge in [0.05, 0.1) is 12.6 Å². The van der Waals surface area contributed by atoms with Crippen LogP contribution in [0.5, 0.6) is 0 Å². The lowest BCUT2D eigenvalue weighted by Gasteiger charge is -2.08. The maximum absolute atomic E-state index is 4.79. The van der Waals surface area contributed by atoms with E-state index < -0.39 is 0 Å². The second kappa shape index (κ2) is 6.99. The number of nitrogens with zero attached hydrogens (tertiary/aromatic N) is 4. The fraction of sp³-hybridized carbons (Fsp3) is 0.0800. The molecule has 0 aliphatic rings. The molecule has 4 heteroatoms. The maximum atomic E-state index is 4.79. The highest BCUT2D eigenvalue weighted by Gasteiger charge is 2.29. The van der Waals surface area contributed by atoms with Gasteiger partial charge in [0.25, 0.3) is 11.6 Å². The van der Waals surface area contributed by atoms with Crippen molar-refractivity contribution < 1.29 is 4.57 Å². The van der Waals surface area contributed by atoms with Crippen LogP contribution < -0.4 is 4.57 Å². The van der Waals surface area contributed by atoms with E-state index in [1.54, 1.807) is 12.4 Å². The maximum Gasteiger partial charge on any atom is 0.296 e. The Kier molecular flexibility index (Phi) is 4.17. The number of para-hydroxylation sites is 2. The molecule has 4 nitrogen and oxygen atoms in total. The van der Waals surface area contributed by atoms with Gasteiger partial charge in [0.2, 0.25) is 0 Å². The average molecular weight is 377 g/mol. The van der Waals surface area contributed by atoms with Crippen molar-refractivity contribution in [2.75, 3.05) is 0 Å². The summed E-state index contributed by atoms with van der Waals surface area (Å²) in [7, 11) is 2.11. The Labute approximate surface area is 169 Å². The van der Waals surface area contributed by atoms with Crippen LogP contribution in [0.2, 0.25) is 0 Å². The van der Waals surface area contributed by atoms with Crippen LogP contribution in [0.15, 0.2) is 91.3 Å². The zero-order chi connectivity index (χ0) is 19.8. The molecule has 0 aliphatic carbocycles. The average Bonchev–Trinajstić information content (AvgIpc) is 3.07. The third-order valence-electron chi connectivity index (χ3n) is 5.34. The standard InChI is InChI=1S/C25H21N4/c1-18-10-6-7-13-20(18)25-28(2)21-14-8-9-15-22(21)29(25)24-23(26-16-17-27-24)19-11-4-3-5-12-19/h3-17H,1-2H3/q+1. The van der Waals surface area contributed by atoms with E-state index in [0.717, 1.165) is 33.9 Å². The van der Waals surface area contributed by atoms with Gasteiger partial charge in [0.15, 0.2) is 11.0 Å². The van der Waals surface area contributed by atoms with Crippen molar-refractivity contribution in [3.63, 3.8) is 0 Å². The minimum Gasteiger partial charge on any atom is -0.248 e. The van der Waals surface area contributed by atoms with Gasteiger partial charge in [-0.3, -0.25) is 0 Å². The molecule has 0 atom stereocenters. The first-order valence-corrected chi connectivity index (χ1v) is 9.68. The molecule has 0 unspecified atom stereocenters. The van der Waals surface area contributed by atoms with Crippen LogP contribution in [0.4, 0.5) is 0 Å². The Morgan fingerprint density at radius 2 is 1.45 bits per heavy atom. The summed E-state index contributed by atoms with van der Waals surface area (Å²) in [6, 6.07) is 27.1. The SMILES string of the molecule is Cc1ccccc1-c1n(-c2nccnc2-c2ccccc2)c2ccccc2[n+]1C. The van der Waals surface area contributed by atoms with Crippen LogP contribution in [-0.4, -0.2) is 14.5 Å². The molecule has 0 aliphatic heterocycles. The topological polar surface area (TPSA) is 34.6 Å². The number of aryl methyl sites for hydroxylation is 2. The van der Waals surface area contributed by atoms with E-state index in [2.05, 4.69) is 83.8 Å². The third-order valence-corrected chi connectivity index (χ3v) is 5.34. The second-order valence-corrected chi connectivity index (χ2v) is 7.12. The molecule has 3 aromatic carbocycles. The largest absolute Gasteiger partial charge is 0.296 e. The summed E-state index contributed by atoms with van der Waals surface area (Å²) in [6.45, 7) is 2.14. The fourth-order valence-corrected chi connectivity index (χ4v) is 3.95. The van der Waals surface area contributed by atoms with Crippen LogP contribution in [0, 0.1) is 6.92 Å². The summed E-state index contributed by atoms with van der Waals surface area (Å²) in [4.78, 5) is 9.50. The van der Waals surface area contributed by atoms with Gasteiger partial charge >= 0.3 is 0 Å². The zero-order valence-electron chi connectivity index (χ0n) is 16.4. The molecule has 29 heavy (non-hydrogen) atoms. The normalized spacial score (nSPS) is 11.1. The van der Waals surface area contributed by atoms with Crippen molar-refractivity contribution in [2.24, 2.45) is 7.05 Å². The van der Waals surface area contributed by atoms with Crippen molar-refractivity contribution >= 4 is 11.0 Å². The zero-order valence-corrected chi connectivity index (χ0v) is 16.4. The van der Waals surface area contributed by atoms with E-state index in [4.69, 9.17) is 9.97 Å². The number of imidazole rings is 1. The highest BCUT2D eigenvalue weighted by atomic mass is 15.2. The van der Waals surface area contributed by atoms with Crippen LogP contribution in [0.25, 0.3) is 39.5 Å². The molecular weight excluding hydrogens is 356 g/mol. The van der Waals surface area contributed by atoms with Gasteiger partial charge in [0.1, 0.15) is 5.69 Å². The first-order valence-electron chi connectivity index (χ1n) is 9.68. The predicted molar refractivity (Wildman–Crippen MR) is 116 cm³/mol. The monoisotopic (exact) mass is 377 g/mol. The van der Waals surface area contributed by atoms with Crippen molar-refractivity contribution in [1.29, 1.82) is 0 Å². The molecule has 0 saturated heterocycles. The summed E-state index contributed by atoms with van der Waals surface area (Å²) in [5, 5.41) is 0. The van der Waals surface area contributed by atoms with Gasteiger partial charge in [-0.25, -0.2) is 14.5 Å². The molecule has 140 valence electrons. The lowest BCUT2D eigenvalue weighted by molar-refractivity contribution is -0.633. The van der Waals surface area contributed by atoms with Crippen LogP contribution in [0.3, 0.4) is 0 Å². The molecule has 0 amide bonds. The Hall–Kier alpha value is -3.79. The van der Waals surface area contributed by atoms with Gasteiger partial charge in [0, 0.05) is 18.0 Å². The van der Waals surface area contributed by atoms with E-state index in [0.29, 0.717) is 0 Å². The van der Waals surface area contributed by atoms with E-state index in [-0.39, 0.29) is 0 Å². The van der Waals surface area contributed by atoms with Crippen LogP contribution in [-0.2, 0) is 7.05 Å². The lowest BCUT2D eigenvalue weighted by atomic mass is 10.1. The van der Waals surface area contributed by atoms with Gasteiger partial charge < -0.3 is 0 Å². The number of hydrogen-bond acceptors (Lipinski definition) is 2. The number of benzene rings is 3. The van der Waals surface area contributed by atoms with Crippen molar-refractivity contribution in [1.82, 2.24) is 14.5 Å². The van der Waals surface area contributed by atoms with Crippen molar-refractivity contribution in [3.8, 4) is 28.5 Å². The molecule has 0 fully saturated rings. The Balaban J connectivity index is 1.91. The third kappa shape index (κ3) is 2.81. The molecule has 0 N–H and O–H groups in total. The Bertz CT molecular complexity index is 1320. The number of aromatic nitrogens is 4. The number of fused-ring (bicyclic) bond motifs is 1. The summed E-state index contributed by atoms with van der Waals surface area (Å²) in [6.07, 6.45) is 3.52. The first-order chi connectivity index (χ1) is 14.3. The van der Waals surface area contributed by atoms with E-state index in [9.17, 15) is 0 Å². The van der Waals surface area contributed by atoms with Gasteiger partial charge in [-0.2, -0.15) is 4.57 Å². The second-order valence-electron chi connectivity index (χ2n) is 7.12. The molecule has 5 rings (SSSR count). The highest BCUT2D eigenvalue weighted by molar-refractivity contribution is 5.81. The van der Waals surface area contributed by atoms with Gasteiger partial charge in [-0.05, 0) is 30.7 Å². The molecule has 0 spiro atoms. The smallest absolute Gasteiger partial charge is 0.248 e. The molecule has 5 aromatic rings. The minimum atomic E-state index is 0.828. The minimum absolute atomic E-state index is 0.828. The summed E-state index contributed by atoms with van der Waals surface area (Å²) < 4.78 is 4.47.